The first-order valence-corrected chi connectivity index (χ1v) is 17.8. The third-order valence-corrected chi connectivity index (χ3v) is 11.7. The summed E-state index contributed by atoms with van der Waals surface area (Å²) in [6, 6.07) is 21.2. The summed E-state index contributed by atoms with van der Waals surface area (Å²) in [6.45, 7) is 0. The van der Waals surface area contributed by atoms with Crippen LogP contribution in [0.3, 0.4) is 0 Å². The topological polar surface area (TPSA) is 173 Å². The molecule has 236 valence electrons. The van der Waals surface area contributed by atoms with Gasteiger partial charge in [-0.3, -0.25) is 9.59 Å². The second-order valence-electron chi connectivity index (χ2n) is 11.9. The Morgan fingerprint density at radius 2 is 0.896 bits per heavy atom. The monoisotopic (exact) mass is 702 g/mol. The van der Waals surface area contributed by atoms with E-state index in [4.69, 9.17) is 0 Å². The average Bonchev–Trinajstić information content (AvgIpc) is 3.02. The standard InChI is InChI=1S/C34H30N2O8S2.2Na/c37-31-23-11-5-6-12-24(23)32(38)30-26(36-28-16-14-20-8-2-4-10-22(20)34(28)46(42,43)44)18-17-25(29(30)31)35-27-15-13-19-7-1-3-9-21(19)33(27)45(39,40)41;;/h1-12,17-18,27-28,33-36H,13-16H2,(H,39,40,41)(H,42,43,44);;/q;2*+1/p-2. The average molecular weight is 703 g/mol. The van der Waals surface area contributed by atoms with Crippen LogP contribution in [0.5, 0.6) is 0 Å². The number of aryl methyl sites for hydroxylation is 2. The molecule has 2 N–H and O–H groups in total. The van der Waals surface area contributed by atoms with Gasteiger partial charge < -0.3 is 19.7 Å². The van der Waals surface area contributed by atoms with Gasteiger partial charge >= 0.3 is 59.1 Å². The van der Waals surface area contributed by atoms with Crippen LogP contribution in [0, 0.1) is 0 Å². The Balaban J connectivity index is 0.00000225. The molecule has 0 fully saturated rings. The molecule has 0 aliphatic heterocycles. The number of rotatable bonds is 6. The van der Waals surface area contributed by atoms with E-state index < -0.39 is 54.4 Å². The van der Waals surface area contributed by atoms with Crippen LogP contribution in [-0.4, -0.2) is 49.6 Å². The number of benzene rings is 4. The first kappa shape index (κ1) is 36.9. The second kappa shape index (κ2) is 14.1. The van der Waals surface area contributed by atoms with Crippen LogP contribution in [0.1, 0.15) is 77.4 Å². The number of carbonyl (C=O) groups is 2. The summed E-state index contributed by atoms with van der Waals surface area (Å²) in [4.78, 5) is 28.2. The van der Waals surface area contributed by atoms with Gasteiger partial charge in [0.1, 0.15) is 20.2 Å². The summed E-state index contributed by atoms with van der Waals surface area (Å²) in [7, 11) is -9.68. The van der Waals surface area contributed by atoms with E-state index in [2.05, 4.69) is 10.6 Å². The summed E-state index contributed by atoms with van der Waals surface area (Å²) < 4.78 is 75.6. The molecular formula is C34H28N2Na2O8S2. The van der Waals surface area contributed by atoms with Gasteiger partial charge in [0.15, 0.2) is 11.6 Å². The van der Waals surface area contributed by atoms with Crippen molar-refractivity contribution in [1.82, 2.24) is 0 Å². The number of hydrogen-bond acceptors (Lipinski definition) is 10. The smallest absolute Gasteiger partial charge is 0.747 e. The van der Waals surface area contributed by atoms with Crippen molar-refractivity contribution in [3.05, 3.63) is 129 Å². The Hall–Kier alpha value is -2.36. The maximum Gasteiger partial charge on any atom is 1.00 e. The molecule has 0 spiro atoms. The van der Waals surface area contributed by atoms with Crippen LogP contribution in [0.25, 0.3) is 0 Å². The minimum Gasteiger partial charge on any atom is -0.747 e. The maximum atomic E-state index is 14.1. The molecule has 4 unspecified atom stereocenters. The Kier molecular flexibility index (Phi) is 10.8. The predicted molar refractivity (Wildman–Crippen MR) is 169 cm³/mol. The van der Waals surface area contributed by atoms with Gasteiger partial charge in [0.25, 0.3) is 0 Å². The minimum absolute atomic E-state index is 0. The molecule has 0 heterocycles. The van der Waals surface area contributed by atoms with E-state index in [1.165, 1.54) is 24.3 Å². The molecule has 0 radical (unpaired) electrons. The van der Waals surface area contributed by atoms with E-state index >= 15 is 0 Å². The zero-order valence-corrected chi connectivity index (χ0v) is 31.9. The third kappa shape index (κ3) is 6.60. The molecule has 3 aliphatic carbocycles. The van der Waals surface area contributed by atoms with Gasteiger partial charge in [0.05, 0.1) is 21.6 Å². The van der Waals surface area contributed by atoms with E-state index in [0.29, 0.717) is 24.0 Å². The molecule has 3 aliphatic rings. The van der Waals surface area contributed by atoms with Gasteiger partial charge in [-0.15, -0.1) is 0 Å². The molecule has 0 saturated heterocycles. The molecule has 0 aromatic heterocycles. The zero-order valence-electron chi connectivity index (χ0n) is 26.3. The number of ketones is 2. The predicted octanol–water partition coefficient (Wildman–Crippen LogP) is -1.50. The Morgan fingerprint density at radius 3 is 1.27 bits per heavy atom. The van der Waals surface area contributed by atoms with Gasteiger partial charge in [-0.2, -0.15) is 0 Å². The molecular weight excluding hydrogens is 674 g/mol. The number of carbonyl (C=O) groups excluding carboxylic acids is 2. The number of nitrogens with one attached hydrogen (secondary N) is 2. The van der Waals surface area contributed by atoms with E-state index in [0.717, 1.165) is 11.1 Å². The number of fused-ring (bicyclic) bond motifs is 4. The SMILES string of the molecule is O=C1c2ccccc2C(=O)c2c(NC3CCc4ccccc4C3S(=O)(=O)[O-])ccc(NC3CCc4ccccc4C3S(=O)(=O)[O-])c21.[Na+].[Na+]. The number of anilines is 2. The van der Waals surface area contributed by atoms with Crippen LogP contribution in [0.4, 0.5) is 11.4 Å². The Morgan fingerprint density at radius 1 is 0.542 bits per heavy atom. The molecule has 4 aromatic carbocycles. The molecule has 4 aromatic rings. The Labute approximate surface area is 323 Å². The van der Waals surface area contributed by atoms with Crippen molar-refractivity contribution in [2.75, 3.05) is 10.6 Å². The van der Waals surface area contributed by atoms with Gasteiger partial charge in [0.2, 0.25) is 0 Å². The molecule has 0 bridgehead atoms. The van der Waals surface area contributed by atoms with Crippen LogP contribution >= 0.6 is 0 Å². The Bertz CT molecular complexity index is 2010. The maximum absolute atomic E-state index is 14.1. The molecule has 14 heteroatoms. The van der Waals surface area contributed by atoms with E-state index in [-0.39, 0.29) is 106 Å². The molecule has 10 nitrogen and oxygen atoms in total. The third-order valence-electron chi connectivity index (χ3n) is 9.28. The van der Waals surface area contributed by atoms with Gasteiger partial charge in [-0.25, -0.2) is 16.8 Å². The van der Waals surface area contributed by atoms with Gasteiger partial charge in [-0.1, -0.05) is 72.8 Å². The molecule has 4 atom stereocenters. The fourth-order valence-corrected chi connectivity index (χ4v) is 9.60. The molecule has 48 heavy (non-hydrogen) atoms. The first-order valence-electron chi connectivity index (χ1n) is 14.9. The van der Waals surface area contributed by atoms with Crippen LogP contribution in [0.2, 0.25) is 0 Å². The van der Waals surface area contributed by atoms with E-state index in [1.807, 2.05) is 0 Å². The minimum atomic E-state index is -4.84. The number of hydrogen-bond donors (Lipinski definition) is 2. The van der Waals surface area contributed by atoms with Crippen molar-refractivity contribution in [3.8, 4) is 0 Å². The zero-order chi connectivity index (χ0) is 32.4. The van der Waals surface area contributed by atoms with Crippen LogP contribution < -0.4 is 69.7 Å². The van der Waals surface area contributed by atoms with E-state index in [1.54, 1.807) is 60.7 Å². The summed E-state index contributed by atoms with van der Waals surface area (Å²) in [5.74, 6) is -0.979. The molecule has 7 rings (SSSR count). The van der Waals surface area contributed by atoms with Crippen molar-refractivity contribution < 1.29 is 94.6 Å². The van der Waals surface area contributed by atoms with Crippen LogP contribution in [0.15, 0.2) is 84.9 Å². The fourth-order valence-electron chi connectivity index (χ4n) is 7.31. The summed E-state index contributed by atoms with van der Waals surface area (Å²) in [6.07, 6.45) is 1.54. The van der Waals surface area contributed by atoms with Gasteiger partial charge in [-0.05, 0) is 60.1 Å². The fraction of sp³-hybridized carbons (Fsp3) is 0.235. The van der Waals surface area contributed by atoms with Crippen molar-refractivity contribution >= 4 is 43.2 Å². The van der Waals surface area contributed by atoms with E-state index in [9.17, 15) is 35.5 Å². The second-order valence-corrected chi connectivity index (χ2v) is 14.9. The summed E-state index contributed by atoms with van der Waals surface area (Å²) in [5, 5.41) is 3.41. The first-order chi connectivity index (χ1) is 21.9. The largest absolute Gasteiger partial charge is 1.00 e. The van der Waals surface area contributed by atoms with Crippen LogP contribution in [-0.2, 0) is 33.1 Å². The van der Waals surface area contributed by atoms with Crippen molar-refractivity contribution in [1.29, 1.82) is 0 Å². The van der Waals surface area contributed by atoms with Crippen molar-refractivity contribution in [2.24, 2.45) is 0 Å². The molecule has 0 amide bonds. The summed E-state index contributed by atoms with van der Waals surface area (Å²) >= 11 is 0. The van der Waals surface area contributed by atoms with Gasteiger partial charge in [0, 0.05) is 34.6 Å². The summed E-state index contributed by atoms with van der Waals surface area (Å²) in [5.41, 5.74) is 2.92. The quantitative estimate of drug-likeness (QED) is 0.157. The van der Waals surface area contributed by atoms with Crippen molar-refractivity contribution in [2.45, 2.75) is 48.3 Å². The van der Waals surface area contributed by atoms with Crippen molar-refractivity contribution in [3.63, 3.8) is 0 Å². The molecule has 0 saturated carbocycles. The normalized spacial score (nSPS) is 21.3.